The molecular formula is C25H29F3N6O3. The fraction of sp³-hybridized carbons (Fsp3) is 0.480. The van der Waals surface area contributed by atoms with E-state index in [0.717, 1.165) is 31.4 Å². The average Bonchev–Trinajstić information content (AvgIpc) is 3.14. The molecule has 0 saturated heterocycles. The predicted octanol–water partition coefficient (Wildman–Crippen LogP) is 4.58. The van der Waals surface area contributed by atoms with Crippen LogP contribution >= 0.6 is 0 Å². The van der Waals surface area contributed by atoms with Crippen LogP contribution in [0, 0.1) is 11.8 Å². The molecule has 1 aromatic carbocycles. The summed E-state index contributed by atoms with van der Waals surface area (Å²) in [5.41, 5.74) is 0.0290. The van der Waals surface area contributed by atoms with Gasteiger partial charge in [0.1, 0.15) is 5.52 Å². The Labute approximate surface area is 211 Å². The van der Waals surface area contributed by atoms with Crippen LogP contribution in [0.2, 0.25) is 0 Å². The zero-order valence-electron chi connectivity index (χ0n) is 20.8. The summed E-state index contributed by atoms with van der Waals surface area (Å²) in [6, 6.07) is 4.59. The van der Waals surface area contributed by atoms with E-state index in [-0.39, 0.29) is 35.8 Å². The van der Waals surface area contributed by atoms with Crippen molar-refractivity contribution in [2.75, 3.05) is 11.9 Å². The van der Waals surface area contributed by atoms with E-state index in [0.29, 0.717) is 23.5 Å². The molecule has 12 heteroatoms. The number of aromatic carboxylic acids is 1. The zero-order chi connectivity index (χ0) is 26.9. The molecule has 1 aliphatic carbocycles. The first kappa shape index (κ1) is 26.4. The molecule has 1 amide bonds. The lowest BCUT2D eigenvalue weighted by Gasteiger charge is -2.32. The van der Waals surface area contributed by atoms with Gasteiger partial charge in [-0.25, -0.2) is 19.7 Å². The molecule has 3 aromatic rings. The normalized spacial score (nSPS) is 15.0. The summed E-state index contributed by atoms with van der Waals surface area (Å²) in [4.78, 5) is 37.5. The number of carbonyl (C=O) groups is 2. The van der Waals surface area contributed by atoms with E-state index in [4.69, 9.17) is 0 Å². The maximum absolute atomic E-state index is 13.1. The van der Waals surface area contributed by atoms with Crippen LogP contribution in [0.3, 0.4) is 0 Å². The van der Waals surface area contributed by atoms with Crippen LogP contribution < -0.4 is 10.6 Å². The fourth-order valence-electron chi connectivity index (χ4n) is 4.19. The molecule has 3 N–H and O–H groups in total. The highest BCUT2D eigenvalue weighted by molar-refractivity contribution is 5.97. The Morgan fingerprint density at radius 2 is 1.78 bits per heavy atom. The first-order valence-corrected chi connectivity index (χ1v) is 12.2. The number of nitrogens with zero attached hydrogens (tertiary/aromatic N) is 4. The number of carboxylic acids is 1. The van der Waals surface area contributed by atoms with E-state index in [1.54, 1.807) is 0 Å². The number of rotatable bonds is 9. The van der Waals surface area contributed by atoms with Crippen molar-refractivity contribution in [1.82, 2.24) is 24.8 Å². The van der Waals surface area contributed by atoms with Crippen molar-refractivity contribution in [2.24, 2.45) is 11.8 Å². The fourth-order valence-corrected chi connectivity index (χ4v) is 4.19. The van der Waals surface area contributed by atoms with Crippen molar-refractivity contribution in [2.45, 2.75) is 58.8 Å². The maximum atomic E-state index is 13.1. The lowest BCUT2D eigenvalue weighted by Crippen LogP contribution is -2.32. The smallest absolute Gasteiger partial charge is 0.416 e. The average molecular weight is 519 g/mol. The topological polar surface area (TPSA) is 122 Å². The molecule has 37 heavy (non-hydrogen) atoms. The van der Waals surface area contributed by atoms with Crippen molar-refractivity contribution < 1.29 is 27.9 Å². The van der Waals surface area contributed by atoms with Gasteiger partial charge in [-0.1, -0.05) is 32.4 Å². The van der Waals surface area contributed by atoms with Crippen molar-refractivity contribution in [3.8, 4) is 0 Å². The van der Waals surface area contributed by atoms with Gasteiger partial charge in [0.2, 0.25) is 11.6 Å². The molecule has 1 aliphatic rings. The highest BCUT2D eigenvalue weighted by Crippen LogP contribution is 2.33. The van der Waals surface area contributed by atoms with Gasteiger partial charge in [-0.3, -0.25) is 4.79 Å². The van der Waals surface area contributed by atoms with Gasteiger partial charge in [-0.05, 0) is 49.3 Å². The van der Waals surface area contributed by atoms with Crippen molar-refractivity contribution in [3.63, 3.8) is 0 Å². The van der Waals surface area contributed by atoms with Crippen LogP contribution in [-0.4, -0.2) is 49.1 Å². The number of anilines is 1. The lowest BCUT2D eigenvalue weighted by atomic mass is 9.80. The van der Waals surface area contributed by atoms with Crippen LogP contribution in [-0.2, 0) is 12.7 Å². The maximum Gasteiger partial charge on any atom is 0.416 e. The molecule has 198 valence electrons. The number of carboxylic acid groups (broad SMARTS) is 1. The Morgan fingerprint density at radius 3 is 2.32 bits per heavy atom. The zero-order valence-corrected chi connectivity index (χ0v) is 20.8. The Kier molecular flexibility index (Phi) is 7.37. The van der Waals surface area contributed by atoms with E-state index in [9.17, 15) is 27.9 Å². The SMILES string of the molecule is CC(C)CNC(=O)c1nc2nc(C(=O)O)nc(NC(C)C3CCC3)c2n1Cc1ccc(C(F)(F)F)cc1. The summed E-state index contributed by atoms with van der Waals surface area (Å²) in [5, 5.41) is 15.6. The molecule has 0 radical (unpaired) electrons. The van der Waals surface area contributed by atoms with Gasteiger partial charge in [0.25, 0.3) is 5.91 Å². The van der Waals surface area contributed by atoms with E-state index >= 15 is 0 Å². The minimum atomic E-state index is -4.47. The number of aromatic nitrogens is 4. The number of hydrogen-bond acceptors (Lipinski definition) is 6. The number of halogens is 3. The van der Waals surface area contributed by atoms with Crippen LogP contribution in [0.1, 0.15) is 72.4 Å². The number of nitrogens with one attached hydrogen (secondary N) is 2. The van der Waals surface area contributed by atoms with Gasteiger partial charge in [0.15, 0.2) is 11.5 Å². The van der Waals surface area contributed by atoms with Crippen LogP contribution in [0.25, 0.3) is 11.2 Å². The van der Waals surface area contributed by atoms with E-state index in [1.807, 2.05) is 20.8 Å². The Bertz CT molecular complexity index is 1300. The number of amides is 1. The number of hydrogen-bond donors (Lipinski definition) is 3. The second kappa shape index (κ2) is 10.3. The Morgan fingerprint density at radius 1 is 1.11 bits per heavy atom. The molecule has 0 aliphatic heterocycles. The van der Waals surface area contributed by atoms with E-state index in [1.165, 1.54) is 16.7 Å². The highest BCUT2D eigenvalue weighted by Gasteiger charge is 2.31. The molecule has 4 rings (SSSR count). The Balaban J connectivity index is 1.83. The minimum Gasteiger partial charge on any atom is -0.475 e. The summed E-state index contributed by atoms with van der Waals surface area (Å²) in [5.74, 6) is -1.59. The number of carbonyl (C=O) groups excluding carboxylic acids is 1. The molecule has 0 bridgehead atoms. The largest absolute Gasteiger partial charge is 0.475 e. The first-order chi connectivity index (χ1) is 17.4. The minimum absolute atomic E-state index is 0.00133. The number of fused-ring (bicyclic) bond motifs is 1. The van der Waals surface area contributed by atoms with Crippen LogP contribution in [0.15, 0.2) is 24.3 Å². The molecule has 2 aromatic heterocycles. The molecule has 1 saturated carbocycles. The number of alkyl halides is 3. The molecule has 9 nitrogen and oxygen atoms in total. The third-order valence-electron chi connectivity index (χ3n) is 6.51. The van der Waals surface area contributed by atoms with Gasteiger partial charge in [-0.2, -0.15) is 13.2 Å². The summed E-state index contributed by atoms with van der Waals surface area (Å²) >= 11 is 0. The van der Waals surface area contributed by atoms with Gasteiger partial charge < -0.3 is 20.3 Å². The van der Waals surface area contributed by atoms with Gasteiger partial charge in [0.05, 0.1) is 12.1 Å². The predicted molar refractivity (Wildman–Crippen MR) is 130 cm³/mol. The summed E-state index contributed by atoms with van der Waals surface area (Å²) in [6.45, 7) is 6.21. The molecule has 1 fully saturated rings. The Hall–Kier alpha value is -3.70. The summed E-state index contributed by atoms with van der Waals surface area (Å²) in [6.07, 6.45) is -1.30. The quantitative estimate of drug-likeness (QED) is 0.379. The third kappa shape index (κ3) is 5.83. The number of imidazole rings is 1. The van der Waals surface area contributed by atoms with Crippen molar-refractivity contribution in [3.05, 3.63) is 47.0 Å². The molecule has 0 spiro atoms. The molecule has 1 atom stereocenters. The highest BCUT2D eigenvalue weighted by atomic mass is 19.4. The van der Waals surface area contributed by atoms with E-state index < -0.39 is 29.4 Å². The summed E-state index contributed by atoms with van der Waals surface area (Å²) < 4.78 is 40.7. The van der Waals surface area contributed by atoms with Gasteiger partial charge >= 0.3 is 12.1 Å². The van der Waals surface area contributed by atoms with Crippen molar-refractivity contribution >= 4 is 28.9 Å². The van der Waals surface area contributed by atoms with Crippen LogP contribution in [0.4, 0.5) is 19.0 Å². The van der Waals surface area contributed by atoms with E-state index in [2.05, 4.69) is 25.6 Å². The van der Waals surface area contributed by atoms with Gasteiger partial charge in [0, 0.05) is 12.6 Å². The summed E-state index contributed by atoms with van der Waals surface area (Å²) in [7, 11) is 0. The lowest BCUT2D eigenvalue weighted by molar-refractivity contribution is -0.137. The third-order valence-corrected chi connectivity index (χ3v) is 6.51. The number of benzene rings is 1. The second-order valence-corrected chi connectivity index (χ2v) is 9.82. The molecule has 2 heterocycles. The van der Waals surface area contributed by atoms with Gasteiger partial charge in [-0.15, -0.1) is 0 Å². The molecule has 1 unspecified atom stereocenters. The van der Waals surface area contributed by atoms with Crippen LogP contribution in [0.5, 0.6) is 0 Å². The molecular weight excluding hydrogens is 489 g/mol. The monoisotopic (exact) mass is 518 g/mol. The van der Waals surface area contributed by atoms with Crippen molar-refractivity contribution in [1.29, 1.82) is 0 Å². The standard InChI is InChI=1S/C25H29F3N6O3/c1-13(2)11-29-23(35)22-33-20-18(34(22)12-15-7-9-17(10-8-15)25(26,27)28)19(31-21(32-20)24(36)37)30-14(3)16-5-4-6-16/h7-10,13-14,16H,4-6,11-12H2,1-3H3,(H,29,35)(H,36,37)(H,30,31,32). The first-order valence-electron chi connectivity index (χ1n) is 12.2. The second-order valence-electron chi connectivity index (χ2n) is 9.82.